The summed E-state index contributed by atoms with van der Waals surface area (Å²) < 4.78 is 5.12. The van der Waals surface area contributed by atoms with Crippen LogP contribution in [-0.2, 0) is 6.54 Å². The van der Waals surface area contributed by atoms with Crippen molar-refractivity contribution in [3.8, 4) is 5.75 Å². The fraction of sp³-hybridized carbons (Fsp3) is 0.200. The average Bonchev–Trinajstić information content (AvgIpc) is 2.63. The Kier molecular flexibility index (Phi) is 6.95. The molecular weight excluding hydrogens is 350 g/mol. The molecule has 26 heavy (non-hydrogen) atoms. The smallest absolute Gasteiger partial charge is 0.345 e. The Morgan fingerprint density at radius 3 is 2.54 bits per heavy atom. The lowest BCUT2D eigenvalue weighted by Gasteiger charge is -2.11. The van der Waals surface area contributed by atoms with Crippen molar-refractivity contribution < 1.29 is 9.53 Å². The van der Waals surface area contributed by atoms with E-state index in [-0.39, 0.29) is 0 Å². The number of nitrogens with zero attached hydrogens (tertiary/aromatic N) is 1. The summed E-state index contributed by atoms with van der Waals surface area (Å²) in [6.07, 6.45) is 0. The lowest BCUT2D eigenvalue weighted by Crippen LogP contribution is -2.19. The van der Waals surface area contributed by atoms with Gasteiger partial charge in [0.1, 0.15) is 5.75 Å². The maximum absolute atomic E-state index is 12.2. The standard InChI is InChI=1S/C20H22ClN3O2/c1-13(16-6-8-17(26-4)9-7-16)23-20(25)24-14(2)18-11-15(12-22-3)5-10-19(18)21/h5-11,22H,2,12H2,1,3-4H3,(H,24,25)/b23-13+. The molecule has 6 heteroatoms. The van der Waals surface area contributed by atoms with Crippen molar-refractivity contribution in [3.05, 3.63) is 70.8 Å². The minimum atomic E-state index is -0.501. The molecule has 0 unspecified atom stereocenters. The topological polar surface area (TPSA) is 62.7 Å². The molecular formula is C20H22ClN3O2. The Morgan fingerprint density at radius 1 is 1.23 bits per heavy atom. The summed E-state index contributed by atoms with van der Waals surface area (Å²) in [7, 11) is 3.47. The van der Waals surface area contributed by atoms with Crippen molar-refractivity contribution in [3.63, 3.8) is 0 Å². The van der Waals surface area contributed by atoms with Crippen LogP contribution in [0.5, 0.6) is 5.75 Å². The molecule has 2 aromatic carbocycles. The van der Waals surface area contributed by atoms with E-state index in [0.717, 1.165) is 16.9 Å². The molecule has 2 rings (SSSR count). The van der Waals surface area contributed by atoms with Gasteiger partial charge in [-0.1, -0.05) is 24.2 Å². The zero-order chi connectivity index (χ0) is 19.1. The van der Waals surface area contributed by atoms with Gasteiger partial charge in [0.2, 0.25) is 0 Å². The highest BCUT2D eigenvalue weighted by Crippen LogP contribution is 2.23. The molecule has 5 nitrogen and oxygen atoms in total. The Labute approximate surface area is 158 Å². The minimum Gasteiger partial charge on any atom is -0.497 e. The van der Waals surface area contributed by atoms with Crippen LogP contribution >= 0.6 is 11.6 Å². The SMILES string of the molecule is C=C(NC(=O)/N=C(\C)c1ccc(OC)cc1)c1cc(CNC)ccc1Cl. The third kappa shape index (κ3) is 5.18. The first kappa shape index (κ1) is 19.7. The number of ether oxygens (including phenoxy) is 1. The number of aliphatic imine (C=N–C) groups is 1. The van der Waals surface area contributed by atoms with Gasteiger partial charge in [0, 0.05) is 22.8 Å². The van der Waals surface area contributed by atoms with E-state index >= 15 is 0 Å². The van der Waals surface area contributed by atoms with Crippen molar-refractivity contribution in [2.45, 2.75) is 13.5 Å². The maximum Gasteiger partial charge on any atom is 0.345 e. The van der Waals surface area contributed by atoms with Crippen LogP contribution < -0.4 is 15.4 Å². The molecule has 2 N–H and O–H groups in total. The van der Waals surface area contributed by atoms with E-state index in [2.05, 4.69) is 22.2 Å². The molecule has 0 aliphatic heterocycles. The summed E-state index contributed by atoms with van der Waals surface area (Å²) in [6, 6.07) is 12.4. The first-order chi connectivity index (χ1) is 12.4. The minimum absolute atomic E-state index is 0.407. The van der Waals surface area contributed by atoms with Crippen LogP contribution in [-0.4, -0.2) is 25.9 Å². The van der Waals surface area contributed by atoms with Gasteiger partial charge < -0.3 is 15.4 Å². The molecule has 2 amide bonds. The summed E-state index contributed by atoms with van der Waals surface area (Å²) in [5.41, 5.74) is 3.54. The number of rotatable bonds is 6. The second-order valence-corrected chi connectivity index (χ2v) is 6.09. The van der Waals surface area contributed by atoms with E-state index < -0.39 is 6.03 Å². The molecule has 136 valence electrons. The number of carbonyl (C=O) groups is 1. The first-order valence-corrected chi connectivity index (χ1v) is 8.45. The van der Waals surface area contributed by atoms with E-state index in [0.29, 0.717) is 28.5 Å². The lowest BCUT2D eigenvalue weighted by molar-refractivity contribution is 0.253. The quantitative estimate of drug-likeness (QED) is 0.746. The Bertz CT molecular complexity index is 829. The second kappa shape index (κ2) is 9.17. The van der Waals surface area contributed by atoms with Gasteiger partial charge in [-0.05, 0) is 61.5 Å². The number of halogens is 1. The average molecular weight is 372 g/mol. The third-order valence-electron chi connectivity index (χ3n) is 3.77. The molecule has 0 aliphatic carbocycles. The molecule has 0 saturated carbocycles. The highest BCUT2D eigenvalue weighted by molar-refractivity contribution is 6.32. The van der Waals surface area contributed by atoms with Crippen molar-refractivity contribution in [2.75, 3.05) is 14.2 Å². The fourth-order valence-electron chi connectivity index (χ4n) is 2.39. The number of nitrogens with one attached hydrogen (secondary N) is 2. The van der Waals surface area contributed by atoms with E-state index in [1.807, 2.05) is 43.4 Å². The number of amides is 2. The molecule has 0 radical (unpaired) electrons. The zero-order valence-corrected chi connectivity index (χ0v) is 15.9. The summed E-state index contributed by atoms with van der Waals surface area (Å²) in [5.74, 6) is 0.746. The zero-order valence-electron chi connectivity index (χ0n) is 15.1. The fourth-order valence-corrected chi connectivity index (χ4v) is 2.62. The Morgan fingerprint density at radius 2 is 1.92 bits per heavy atom. The normalized spacial score (nSPS) is 11.2. The predicted molar refractivity (Wildman–Crippen MR) is 107 cm³/mol. The molecule has 0 atom stereocenters. The van der Waals surface area contributed by atoms with E-state index in [1.165, 1.54) is 0 Å². The Balaban J connectivity index is 2.10. The number of urea groups is 1. The van der Waals surface area contributed by atoms with Crippen molar-refractivity contribution in [2.24, 2.45) is 4.99 Å². The monoisotopic (exact) mass is 371 g/mol. The van der Waals surface area contributed by atoms with Crippen molar-refractivity contribution in [1.29, 1.82) is 0 Å². The first-order valence-electron chi connectivity index (χ1n) is 8.07. The molecule has 0 bridgehead atoms. The van der Waals surface area contributed by atoms with Gasteiger partial charge in [0.05, 0.1) is 12.8 Å². The van der Waals surface area contributed by atoms with Gasteiger partial charge in [-0.25, -0.2) is 4.79 Å². The van der Waals surface area contributed by atoms with Gasteiger partial charge >= 0.3 is 6.03 Å². The van der Waals surface area contributed by atoms with Crippen molar-refractivity contribution >= 4 is 29.0 Å². The van der Waals surface area contributed by atoms with Crippen LogP contribution in [0.4, 0.5) is 4.79 Å². The number of benzene rings is 2. The highest BCUT2D eigenvalue weighted by Gasteiger charge is 2.10. The largest absolute Gasteiger partial charge is 0.497 e. The third-order valence-corrected chi connectivity index (χ3v) is 4.10. The van der Waals surface area contributed by atoms with Gasteiger partial charge in [0.15, 0.2) is 0 Å². The molecule has 0 aliphatic rings. The van der Waals surface area contributed by atoms with Crippen LogP contribution in [0.1, 0.15) is 23.6 Å². The highest BCUT2D eigenvalue weighted by atomic mass is 35.5. The number of hydrogen-bond donors (Lipinski definition) is 2. The predicted octanol–water partition coefficient (Wildman–Crippen LogP) is 4.26. The molecule has 0 heterocycles. The molecule has 0 spiro atoms. The summed E-state index contributed by atoms with van der Waals surface area (Å²) in [5, 5.41) is 6.27. The van der Waals surface area contributed by atoms with E-state index in [4.69, 9.17) is 16.3 Å². The van der Waals surface area contributed by atoms with Gasteiger partial charge in [0.25, 0.3) is 0 Å². The molecule has 0 aromatic heterocycles. The van der Waals surface area contributed by atoms with Crippen LogP contribution in [0.3, 0.4) is 0 Å². The molecule has 2 aromatic rings. The van der Waals surface area contributed by atoms with Crippen LogP contribution in [0.25, 0.3) is 5.70 Å². The second-order valence-electron chi connectivity index (χ2n) is 5.68. The van der Waals surface area contributed by atoms with Crippen LogP contribution in [0.2, 0.25) is 5.02 Å². The van der Waals surface area contributed by atoms with Gasteiger partial charge in [-0.15, -0.1) is 0 Å². The van der Waals surface area contributed by atoms with Gasteiger partial charge in [-0.3, -0.25) is 0 Å². The number of carbonyl (C=O) groups excluding carboxylic acids is 1. The summed E-state index contributed by atoms with van der Waals surface area (Å²) >= 11 is 6.22. The van der Waals surface area contributed by atoms with E-state index in [1.54, 1.807) is 20.1 Å². The van der Waals surface area contributed by atoms with E-state index in [9.17, 15) is 4.79 Å². The Hall–Kier alpha value is -2.63. The number of hydrogen-bond acceptors (Lipinski definition) is 3. The molecule has 0 fully saturated rings. The molecule has 0 saturated heterocycles. The summed E-state index contributed by atoms with van der Waals surface area (Å²) in [4.78, 5) is 16.3. The van der Waals surface area contributed by atoms with Gasteiger partial charge in [-0.2, -0.15) is 4.99 Å². The summed E-state index contributed by atoms with van der Waals surface area (Å²) in [6.45, 7) is 6.37. The lowest BCUT2D eigenvalue weighted by atomic mass is 10.1. The van der Waals surface area contributed by atoms with Crippen LogP contribution in [0.15, 0.2) is 54.0 Å². The van der Waals surface area contributed by atoms with Crippen LogP contribution in [0, 0.1) is 0 Å². The number of methoxy groups -OCH3 is 1. The maximum atomic E-state index is 12.2. The van der Waals surface area contributed by atoms with Crippen molar-refractivity contribution in [1.82, 2.24) is 10.6 Å².